The summed E-state index contributed by atoms with van der Waals surface area (Å²) in [6.45, 7) is 1.58. The first-order valence-electron chi connectivity index (χ1n) is 18.1. The van der Waals surface area contributed by atoms with Gasteiger partial charge in [-0.3, -0.25) is 10.4 Å². The molecular formula is C40H41N4O14+. The number of aliphatic hydroxyl groups is 5. The molecule has 4 aliphatic heterocycles. The summed E-state index contributed by atoms with van der Waals surface area (Å²) in [6, 6.07) is 12.5. The second-order valence-corrected chi connectivity index (χ2v) is 14.0. The largest absolute Gasteiger partial charge is 0.508 e. The van der Waals surface area contributed by atoms with Gasteiger partial charge in [0.25, 0.3) is 0 Å². The summed E-state index contributed by atoms with van der Waals surface area (Å²) in [5.74, 6) is -3.01. The molecule has 4 heterocycles. The highest BCUT2D eigenvalue weighted by Crippen LogP contribution is 2.51. The zero-order valence-corrected chi connectivity index (χ0v) is 30.9. The molecule has 18 nitrogen and oxygen atoms in total. The summed E-state index contributed by atoms with van der Waals surface area (Å²) >= 11 is 0. The molecule has 1 fully saturated rings. The fourth-order valence-electron chi connectivity index (χ4n) is 6.88. The number of phenolic OH excluding ortho intramolecular Hbond substituents is 2. The number of aliphatic carboxylic acids is 1. The van der Waals surface area contributed by atoms with Crippen LogP contribution in [0, 0.1) is 0 Å². The molecule has 10 N–H and O–H groups in total. The van der Waals surface area contributed by atoms with Crippen LogP contribution in [0.4, 0.5) is 0 Å². The SMILES string of the molecule is CCc1cc(O)cc(COc2c(O[C@@H]3O[C@H](C(=O)O)[C@](O)(CC4=NC=NC4)[C@@H](O)[C@H]3O)cc3c(c2O)C(O)=CC(c2ccc(OC[C@H](O)C4=NC(=[NH2+])C=C4)cc2)O3)c1. The number of nitrogens with two attached hydrogens (primary N) is 1. The molecule has 0 radical (unpaired) electrons. The van der Waals surface area contributed by atoms with Crippen LogP contribution in [0.1, 0.15) is 41.7 Å². The summed E-state index contributed by atoms with van der Waals surface area (Å²) in [5, 5.41) is 93.1. The molecule has 304 valence electrons. The van der Waals surface area contributed by atoms with Crippen molar-refractivity contribution in [3.05, 3.63) is 89.0 Å². The first-order chi connectivity index (χ1) is 27.7. The molecule has 7 atom stereocenters. The number of fused-ring (bicyclic) bond motifs is 1. The molecule has 0 amide bonds. The average Bonchev–Trinajstić information content (AvgIpc) is 3.88. The van der Waals surface area contributed by atoms with Crippen molar-refractivity contribution in [1.29, 1.82) is 0 Å². The van der Waals surface area contributed by atoms with E-state index >= 15 is 0 Å². The van der Waals surface area contributed by atoms with Crippen molar-refractivity contribution in [2.24, 2.45) is 15.0 Å². The lowest BCUT2D eigenvalue weighted by atomic mass is 9.80. The van der Waals surface area contributed by atoms with Gasteiger partial charge in [0.2, 0.25) is 12.0 Å². The topological polar surface area (TPSA) is 288 Å². The third kappa shape index (κ3) is 8.09. The Balaban J connectivity index is 1.17. The van der Waals surface area contributed by atoms with Gasteiger partial charge in [-0.15, -0.1) is 0 Å². The maximum absolute atomic E-state index is 12.4. The molecule has 0 spiro atoms. The number of aliphatic hydroxyl groups excluding tert-OH is 4. The number of nitrogens with zero attached hydrogens (tertiary/aromatic N) is 3. The fourth-order valence-corrected chi connectivity index (χ4v) is 6.88. The standard InChI is InChI=1S/C40H40N4O14/c1-2-19-9-20(11-23(45)10-19)16-55-35-30(57-39-34(49)36(50)40(53,37(58-39)38(51)52)14-22-15-42-18-43-22)13-29-32(33(35)48)26(46)12-28(56-29)21-3-5-24(6-4-21)54-17-27(47)25-7-8-31(41)44-25/h3-13,18,27-28,34,36-37,39,41,45-50,53H,2,14-17H2,1H3,(H,51,52)/p+1/t27-,28?,34+,36-,37+,39+,40-/m0/s1. The Labute approximate surface area is 330 Å². The predicted octanol–water partition coefficient (Wildman–Crippen LogP) is 0.694. The van der Waals surface area contributed by atoms with Crippen LogP contribution < -0.4 is 24.4 Å². The van der Waals surface area contributed by atoms with Gasteiger partial charge in [-0.05, 0) is 58.4 Å². The molecule has 0 aromatic heterocycles. The van der Waals surface area contributed by atoms with Crippen LogP contribution in [0.5, 0.6) is 34.5 Å². The monoisotopic (exact) mass is 801 g/mol. The number of carboxylic acid groups (broad SMARTS) is 1. The van der Waals surface area contributed by atoms with E-state index in [-0.39, 0.29) is 54.1 Å². The third-order valence-electron chi connectivity index (χ3n) is 9.86. The van der Waals surface area contributed by atoms with Crippen LogP contribution in [0.2, 0.25) is 0 Å². The van der Waals surface area contributed by atoms with Gasteiger partial charge in [0.1, 0.15) is 72.0 Å². The minimum Gasteiger partial charge on any atom is -0.508 e. The van der Waals surface area contributed by atoms with Gasteiger partial charge >= 0.3 is 11.8 Å². The summed E-state index contributed by atoms with van der Waals surface area (Å²) in [7, 11) is 0. The molecule has 4 aliphatic rings. The summed E-state index contributed by atoms with van der Waals surface area (Å²) in [5.41, 5.74) is -0.324. The zero-order valence-electron chi connectivity index (χ0n) is 30.9. The van der Waals surface area contributed by atoms with Gasteiger partial charge < -0.3 is 64.5 Å². The van der Waals surface area contributed by atoms with Gasteiger partial charge in [0.05, 0.1) is 6.54 Å². The number of phenols is 2. The third-order valence-corrected chi connectivity index (χ3v) is 9.86. The van der Waals surface area contributed by atoms with E-state index < -0.39 is 72.1 Å². The van der Waals surface area contributed by atoms with E-state index in [4.69, 9.17) is 29.1 Å². The maximum Gasteiger partial charge on any atom is 0.336 e. The number of hydrogen-bond acceptors (Lipinski definition) is 15. The minimum absolute atomic E-state index is 0.0304. The number of aliphatic imine (C=N–C) groups is 3. The van der Waals surface area contributed by atoms with Crippen molar-refractivity contribution in [2.45, 2.75) is 68.8 Å². The highest BCUT2D eigenvalue weighted by Gasteiger charge is 2.59. The number of rotatable bonds is 14. The number of carbonyl (C=O) groups is 1. The molecule has 1 unspecified atom stereocenters. The zero-order chi connectivity index (χ0) is 41.3. The van der Waals surface area contributed by atoms with Crippen molar-refractivity contribution in [3.63, 3.8) is 0 Å². The number of amidine groups is 1. The Hall–Kier alpha value is -6.31. The average molecular weight is 802 g/mol. The van der Waals surface area contributed by atoms with Crippen LogP contribution in [-0.2, 0) is 22.6 Å². The molecule has 3 aromatic carbocycles. The van der Waals surface area contributed by atoms with Gasteiger partial charge in [-0.25, -0.2) is 9.79 Å². The second kappa shape index (κ2) is 16.3. The van der Waals surface area contributed by atoms with Crippen LogP contribution >= 0.6 is 0 Å². The van der Waals surface area contributed by atoms with Gasteiger partial charge in [-0.2, -0.15) is 0 Å². The van der Waals surface area contributed by atoms with Crippen molar-refractivity contribution >= 4 is 35.3 Å². The summed E-state index contributed by atoms with van der Waals surface area (Å²) in [6.07, 6.45) is -4.45. The Bertz CT molecular complexity index is 2250. The molecule has 0 saturated carbocycles. The van der Waals surface area contributed by atoms with Gasteiger partial charge in [0.15, 0.2) is 29.4 Å². The van der Waals surface area contributed by atoms with E-state index in [9.17, 15) is 45.6 Å². The number of carboxylic acids is 1. The highest BCUT2D eigenvalue weighted by atomic mass is 16.7. The van der Waals surface area contributed by atoms with E-state index in [1.807, 2.05) is 6.92 Å². The number of aromatic hydroxyl groups is 2. The van der Waals surface area contributed by atoms with Crippen LogP contribution in [-0.4, -0.2) is 120 Å². The van der Waals surface area contributed by atoms with E-state index in [0.29, 0.717) is 29.0 Å². The highest BCUT2D eigenvalue weighted by molar-refractivity contribution is 6.14. The van der Waals surface area contributed by atoms with Crippen molar-refractivity contribution < 1.29 is 74.7 Å². The van der Waals surface area contributed by atoms with Crippen molar-refractivity contribution in [2.75, 3.05) is 13.2 Å². The lowest BCUT2D eigenvalue weighted by Crippen LogP contribution is -2.69. The number of ether oxygens (including phenoxy) is 5. The molecule has 0 aliphatic carbocycles. The quantitative estimate of drug-likeness (QED) is 0.109. The van der Waals surface area contributed by atoms with E-state index in [0.717, 1.165) is 5.56 Å². The first-order valence-corrected chi connectivity index (χ1v) is 18.1. The van der Waals surface area contributed by atoms with Crippen LogP contribution in [0.15, 0.2) is 81.7 Å². The normalized spacial score (nSPS) is 25.3. The Morgan fingerprint density at radius 3 is 2.48 bits per heavy atom. The summed E-state index contributed by atoms with van der Waals surface area (Å²) < 4.78 is 29.5. The Morgan fingerprint density at radius 2 is 1.81 bits per heavy atom. The Morgan fingerprint density at radius 1 is 1.05 bits per heavy atom. The minimum atomic E-state index is -2.55. The van der Waals surface area contributed by atoms with Gasteiger partial charge in [-0.1, -0.05) is 25.1 Å². The van der Waals surface area contributed by atoms with E-state index in [1.54, 1.807) is 48.6 Å². The molecule has 1 saturated heterocycles. The predicted molar refractivity (Wildman–Crippen MR) is 205 cm³/mol. The lowest BCUT2D eigenvalue weighted by molar-refractivity contribution is -0.303. The summed E-state index contributed by atoms with van der Waals surface area (Å²) in [4.78, 5) is 24.3. The van der Waals surface area contributed by atoms with Gasteiger partial charge in [0, 0.05) is 30.4 Å². The lowest BCUT2D eigenvalue weighted by Gasteiger charge is -2.46. The van der Waals surface area contributed by atoms with Crippen LogP contribution in [0.3, 0.4) is 0 Å². The molecular weight excluding hydrogens is 760 g/mol. The first kappa shape index (κ1) is 39.9. The fraction of sp³-hybridized carbons (Fsp3) is 0.325. The smallest absolute Gasteiger partial charge is 0.336 e. The van der Waals surface area contributed by atoms with E-state index in [2.05, 4.69) is 15.0 Å². The maximum atomic E-state index is 12.4. The Kier molecular flexibility index (Phi) is 11.2. The number of aryl methyl sites for hydroxylation is 1. The number of benzene rings is 3. The molecule has 7 rings (SSSR count). The van der Waals surface area contributed by atoms with Crippen LogP contribution in [0.25, 0.3) is 5.76 Å². The molecule has 3 aromatic rings. The second-order valence-electron chi connectivity index (χ2n) is 14.0. The number of hydrogen-bond donors (Lipinski definition) is 9. The van der Waals surface area contributed by atoms with Crippen molar-refractivity contribution in [1.82, 2.24) is 0 Å². The molecule has 0 bridgehead atoms. The molecule has 58 heavy (non-hydrogen) atoms. The molecule has 18 heteroatoms. The van der Waals surface area contributed by atoms with E-state index in [1.165, 1.54) is 24.5 Å². The van der Waals surface area contributed by atoms with Crippen molar-refractivity contribution in [3.8, 4) is 34.5 Å².